The van der Waals surface area contributed by atoms with Crippen LogP contribution in [0.15, 0.2) is 6.33 Å². The summed E-state index contributed by atoms with van der Waals surface area (Å²) < 4.78 is 19.8. The largest absolute Gasteiger partial charge is 0.394 e. The van der Waals surface area contributed by atoms with Gasteiger partial charge in [0.25, 0.3) is 0 Å². The van der Waals surface area contributed by atoms with E-state index in [1.165, 1.54) is 10.9 Å². The van der Waals surface area contributed by atoms with Gasteiger partial charge in [0.05, 0.1) is 12.9 Å². The van der Waals surface area contributed by atoms with E-state index in [9.17, 15) is 14.6 Å². The first-order valence-electron chi connectivity index (χ1n) is 5.81. The SMILES string of the molecule is Nc1nc(F)nc2c1ncn2C1OC(CO)C(O)[C@@H]1O. The molecular weight excluding hydrogens is 273 g/mol. The second-order valence-corrected chi connectivity index (χ2v) is 4.43. The Morgan fingerprint density at radius 1 is 1.35 bits per heavy atom. The van der Waals surface area contributed by atoms with Crippen LogP contribution in [0.5, 0.6) is 0 Å². The van der Waals surface area contributed by atoms with E-state index in [0.717, 1.165) is 0 Å². The summed E-state index contributed by atoms with van der Waals surface area (Å²) in [5, 5.41) is 28.7. The number of aliphatic hydroxyl groups excluding tert-OH is 3. The first kappa shape index (κ1) is 13.1. The molecule has 9 nitrogen and oxygen atoms in total. The third-order valence-corrected chi connectivity index (χ3v) is 3.21. The van der Waals surface area contributed by atoms with Crippen LogP contribution in [-0.2, 0) is 4.74 Å². The minimum atomic E-state index is -1.32. The molecule has 1 aliphatic heterocycles. The summed E-state index contributed by atoms with van der Waals surface area (Å²) >= 11 is 0. The Labute approximate surface area is 111 Å². The van der Waals surface area contributed by atoms with Crippen LogP contribution in [0.2, 0.25) is 0 Å². The maximum atomic E-state index is 13.2. The topological polar surface area (TPSA) is 140 Å². The number of hydrogen-bond acceptors (Lipinski definition) is 8. The van der Waals surface area contributed by atoms with E-state index in [1.54, 1.807) is 0 Å². The molecule has 1 saturated heterocycles. The number of aromatic nitrogens is 4. The molecule has 0 aliphatic carbocycles. The van der Waals surface area contributed by atoms with E-state index in [1.807, 2.05) is 0 Å². The Bertz CT molecular complexity index is 650. The van der Waals surface area contributed by atoms with Gasteiger partial charge in [-0.3, -0.25) is 4.57 Å². The van der Waals surface area contributed by atoms with E-state index < -0.39 is 37.2 Å². The third-order valence-electron chi connectivity index (χ3n) is 3.21. The normalized spacial score (nSPS) is 30.2. The highest BCUT2D eigenvalue weighted by atomic mass is 19.1. The molecule has 10 heteroatoms. The maximum Gasteiger partial charge on any atom is 0.312 e. The first-order chi connectivity index (χ1) is 9.52. The van der Waals surface area contributed by atoms with Crippen molar-refractivity contribution >= 4 is 17.0 Å². The summed E-state index contributed by atoms with van der Waals surface area (Å²) in [6.45, 7) is -0.465. The molecule has 0 bridgehead atoms. The lowest BCUT2D eigenvalue weighted by Crippen LogP contribution is -2.33. The molecule has 2 aromatic rings. The Hall–Kier alpha value is -1.88. The van der Waals surface area contributed by atoms with Gasteiger partial charge in [-0.25, -0.2) is 4.98 Å². The molecule has 108 valence electrons. The Morgan fingerprint density at radius 2 is 2.10 bits per heavy atom. The Morgan fingerprint density at radius 3 is 2.75 bits per heavy atom. The highest BCUT2D eigenvalue weighted by Gasteiger charge is 2.44. The molecule has 3 rings (SSSR count). The molecular formula is C10H12FN5O4. The quantitative estimate of drug-likeness (QED) is 0.472. The molecule has 0 aromatic carbocycles. The van der Waals surface area contributed by atoms with Crippen molar-refractivity contribution in [1.29, 1.82) is 0 Å². The van der Waals surface area contributed by atoms with Crippen molar-refractivity contribution < 1.29 is 24.4 Å². The van der Waals surface area contributed by atoms with Crippen molar-refractivity contribution in [3.63, 3.8) is 0 Å². The van der Waals surface area contributed by atoms with Crippen LogP contribution in [0.25, 0.3) is 11.2 Å². The van der Waals surface area contributed by atoms with E-state index >= 15 is 0 Å². The zero-order valence-corrected chi connectivity index (χ0v) is 10.1. The lowest BCUT2D eigenvalue weighted by atomic mass is 10.1. The van der Waals surface area contributed by atoms with Crippen molar-refractivity contribution in [2.24, 2.45) is 0 Å². The van der Waals surface area contributed by atoms with Gasteiger partial charge in [0.1, 0.15) is 18.3 Å². The summed E-state index contributed by atoms with van der Waals surface area (Å²) in [6.07, 6.45) is -4.38. The summed E-state index contributed by atoms with van der Waals surface area (Å²) in [4.78, 5) is 10.8. The number of aliphatic hydroxyl groups is 3. The number of nitrogens with zero attached hydrogens (tertiary/aromatic N) is 4. The predicted octanol–water partition coefficient (Wildman–Crippen LogP) is -1.84. The standard InChI is InChI=1S/C10H12FN5O4/c11-10-14-7(12)4-8(15-10)16(2-13-4)9-6(19)5(18)3(1-17)20-9/h2-3,5-6,9,17-19H,1H2,(H2,12,14,15)/t3?,5?,6-,9?/m0/s1. The lowest BCUT2D eigenvalue weighted by Gasteiger charge is -2.16. The first-order valence-corrected chi connectivity index (χ1v) is 5.81. The fourth-order valence-electron chi connectivity index (χ4n) is 2.21. The second kappa shape index (κ2) is 4.59. The number of ether oxygens (including phenoxy) is 1. The van der Waals surface area contributed by atoms with Gasteiger partial charge in [-0.15, -0.1) is 0 Å². The fourth-order valence-corrected chi connectivity index (χ4v) is 2.21. The zero-order chi connectivity index (χ0) is 14.4. The molecule has 0 saturated carbocycles. The highest BCUT2D eigenvalue weighted by Crippen LogP contribution is 2.31. The summed E-state index contributed by atoms with van der Waals surface area (Å²) in [5.74, 6) is -0.141. The molecule has 1 fully saturated rings. The molecule has 4 atom stereocenters. The van der Waals surface area contributed by atoms with Crippen molar-refractivity contribution in [2.45, 2.75) is 24.5 Å². The Balaban J connectivity index is 2.07. The van der Waals surface area contributed by atoms with E-state index in [4.69, 9.17) is 15.6 Å². The predicted molar refractivity (Wildman–Crippen MR) is 62.7 cm³/mol. The Kier molecular flexibility index (Phi) is 3.01. The van der Waals surface area contributed by atoms with Crippen LogP contribution in [0.1, 0.15) is 6.23 Å². The van der Waals surface area contributed by atoms with E-state index in [2.05, 4.69) is 15.0 Å². The van der Waals surface area contributed by atoms with Crippen molar-refractivity contribution in [2.75, 3.05) is 12.3 Å². The molecule has 0 radical (unpaired) electrons. The number of imidazole rings is 1. The maximum absolute atomic E-state index is 13.2. The molecule has 0 spiro atoms. The minimum Gasteiger partial charge on any atom is -0.394 e. The van der Waals surface area contributed by atoms with Crippen LogP contribution in [0.3, 0.4) is 0 Å². The summed E-state index contributed by atoms with van der Waals surface area (Å²) in [5.41, 5.74) is 5.71. The molecule has 5 N–H and O–H groups in total. The molecule has 0 amide bonds. The number of nitrogen functional groups attached to an aromatic ring is 1. The monoisotopic (exact) mass is 285 g/mol. The zero-order valence-electron chi connectivity index (χ0n) is 10.1. The molecule has 20 heavy (non-hydrogen) atoms. The molecule has 3 unspecified atom stereocenters. The van der Waals surface area contributed by atoms with Crippen LogP contribution in [0, 0.1) is 6.08 Å². The molecule has 1 aliphatic rings. The van der Waals surface area contributed by atoms with Gasteiger partial charge in [0.2, 0.25) is 0 Å². The van der Waals surface area contributed by atoms with Gasteiger partial charge >= 0.3 is 6.08 Å². The third kappa shape index (κ3) is 1.81. The van der Waals surface area contributed by atoms with Crippen LogP contribution < -0.4 is 5.73 Å². The number of hydrogen-bond donors (Lipinski definition) is 4. The average molecular weight is 285 g/mol. The highest BCUT2D eigenvalue weighted by molar-refractivity contribution is 5.81. The van der Waals surface area contributed by atoms with E-state index in [0.29, 0.717) is 0 Å². The number of fused-ring (bicyclic) bond motifs is 1. The number of halogens is 1. The number of rotatable bonds is 2. The smallest absolute Gasteiger partial charge is 0.312 e. The molecule has 3 heterocycles. The van der Waals surface area contributed by atoms with Gasteiger partial charge in [-0.2, -0.15) is 14.4 Å². The van der Waals surface area contributed by atoms with Gasteiger partial charge in [0.15, 0.2) is 23.2 Å². The van der Waals surface area contributed by atoms with E-state index in [-0.39, 0.29) is 17.0 Å². The number of nitrogens with two attached hydrogens (primary N) is 1. The lowest BCUT2D eigenvalue weighted by molar-refractivity contribution is -0.0511. The average Bonchev–Trinajstić information content (AvgIpc) is 2.93. The summed E-state index contributed by atoms with van der Waals surface area (Å²) in [6, 6.07) is 0. The van der Waals surface area contributed by atoms with Gasteiger partial charge in [-0.05, 0) is 0 Å². The van der Waals surface area contributed by atoms with Crippen LogP contribution >= 0.6 is 0 Å². The van der Waals surface area contributed by atoms with Gasteiger partial charge < -0.3 is 25.8 Å². The van der Waals surface area contributed by atoms with Gasteiger partial charge in [0, 0.05) is 0 Å². The van der Waals surface area contributed by atoms with Crippen LogP contribution in [-0.4, -0.2) is 59.8 Å². The molecule has 2 aromatic heterocycles. The van der Waals surface area contributed by atoms with Gasteiger partial charge in [-0.1, -0.05) is 0 Å². The fraction of sp³-hybridized carbons (Fsp3) is 0.500. The van der Waals surface area contributed by atoms with Crippen molar-refractivity contribution in [1.82, 2.24) is 19.5 Å². The van der Waals surface area contributed by atoms with Crippen LogP contribution in [0.4, 0.5) is 10.2 Å². The second-order valence-electron chi connectivity index (χ2n) is 4.43. The van der Waals surface area contributed by atoms with Crippen molar-refractivity contribution in [3.05, 3.63) is 12.4 Å². The summed E-state index contributed by atoms with van der Waals surface area (Å²) in [7, 11) is 0. The van der Waals surface area contributed by atoms with Crippen molar-refractivity contribution in [3.8, 4) is 0 Å². The number of anilines is 1. The minimum absolute atomic E-state index is 0.0323.